The van der Waals surface area contributed by atoms with Gasteiger partial charge < -0.3 is 4.90 Å². The molecule has 1 aromatic rings. The lowest BCUT2D eigenvalue weighted by molar-refractivity contribution is 0.226. The molecule has 0 amide bonds. The van der Waals surface area contributed by atoms with Crippen LogP contribution in [-0.2, 0) is 0 Å². The quantitative estimate of drug-likeness (QED) is 0.780. The van der Waals surface area contributed by atoms with Gasteiger partial charge in [-0.25, -0.2) is 0 Å². The molecule has 1 atom stereocenters. The van der Waals surface area contributed by atoms with Crippen molar-refractivity contribution in [2.45, 2.75) is 27.2 Å². The standard InChI is InChI=1S/C15H19BrN2/c1-11-4-5-14(13(16)8-11)18-7-6-12(9-17)15(2,3)10-18/h4-5,8,12H,6-7,10H2,1-3H3. The maximum absolute atomic E-state index is 9.20. The third-order valence-electron chi connectivity index (χ3n) is 3.83. The molecular weight excluding hydrogens is 288 g/mol. The summed E-state index contributed by atoms with van der Waals surface area (Å²) in [6.45, 7) is 8.38. The van der Waals surface area contributed by atoms with E-state index in [1.54, 1.807) is 0 Å². The first-order chi connectivity index (χ1) is 8.44. The number of benzene rings is 1. The largest absolute Gasteiger partial charge is 0.370 e. The Bertz CT molecular complexity index is 488. The van der Waals surface area contributed by atoms with E-state index in [1.165, 1.54) is 11.3 Å². The smallest absolute Gasteiger partial charge is 0.0662 e. The second kappa shape index (κ2) is 4.93. The minimum atomic E-state index is 0.0529. The van der Waals surface area contributed by atoms with Gasteiger partial charge in [0, 0.05) is 17.6 Å². The molecule has 1 saturated heterocycles. The molecule has 3 heteroatoms. The molecule has 0 N–H and O–H groups in total. The summed E-state index contributed by atoms with van der Waals surface area (Å²) in [4.78, 5) is 2.39. The molecule has 1 fully saturated rings. The Morgan fingerprint density at radius 2 is 2.17 bits per heavy atom. The Morgan fingerprint density at radius 3 is 2.72 bits per heavy atom. The summed E-state index contributed by atoms with van der Waals surface area (Å²) in [5.74, 6) is 0.165. The number of aryl methyl sites for hydroxylation is 1. The van der Waals surface area contributed by atoms with Crippen LogP contribution in [0.25, 0.3) is 0 Å². The summed E-state index contributed by atoms with van der Waals surface area (Å²) < 4.78 is 1.15. The number of piperidine rings is 1. The van der Waals surface area contributed by atoms with E-state index >= 15 is 0 Å². The van der Waals surface area contributed by atoms with Crippen molar-refractivity contribution in [3.63, 3.8) is 0 Å². The van der Waals surface area contributed by atoms with E-state index in [0.717, 1.165) is 24.0 Å². The van der Waals surface area contributed by atoms with E-state index in [-0.39, 0.29) is 11.3 Å². The first-order valence-electron chi connectivity index (χ1n) is 6.35. The maximum atomic E-state index is 9.20. The van der Waals surface area contributed by atoms with Gasteiger partial charge in [-0.2, -0.15) is 5.26 Å². The molecule has 0 saturated carbocycles. The second-order valence-corrected chi connectivity index (χ2v) is 6.69. The average molecular weight is 307 g/mol. The van der Waals surface area contributed by atoms with Gasteiger partial charge in [-0.1, -0.05) is 19.9 Å². The SMILES string of the molecule is Cc1ccc(N2CCC(C#N)C(C)(C)C2)c(Br)c1. The Hall–Kier alpha value is -1.01. The average Bonchev–Trinajstić information content (AvgIpc) is 2.27. The number of nitriles is 1. The van der Waals surface area contributed by atoms with E-state index in [0.29, 0.717) is 0 Å². The zero-order valence-electron chi connectivity index (χ0n) is 11.2. The van der Waals surface area contributed by atoms with Gasteiger partial charge in [0.2, 0.25) is 0 Å². The van der Waals surface area contributed by atoms with Crippen molar-refractivity contribution < 1.29 is 0 Å². The highest BCUT2D eigenvalue weighted by atomic mass is 79.9. The van der Waals surface area contributed by atoms with Crippen LogP contribution in [0.15, 0.2) is 22.7 Å². The fourth-order valence-corrected chi connectivity index (χ4v) is 3.41. The van der Waals surface area contributed by atoms with E-state index in [2.05, 4.69) is 65.9 Å². The van der Waals surface area contributed by atoms with Gasteiger partial charge in [-0.3, -0.25) is 0 Å². The first kappa shape index (κ1) is 13.4. The summed E-state index contributed by atoms with van der Waals surface area (Å²) in [7, 11) is 0. The molecule has 0 spiro atoms. The zero-order chi connectivity index (χ0) is 13.3. The minimum absolute atomic E-state index is 0.0529. The van der Waals surface area contributed by atoms with Crippen molar-refractivity contribution in [2.75, 3.05) is 18.0 Å². The summed E-state index contributed by atoms with van der Waals surface area (Å²) in [6, 6.07) is 8.91. The monoisotopic (exact) mass is 306 g/mol. The summed E-state index contributed by atoms with van der Waals surface area (Å²) in [5, 5.41) is 9.20. The maximum Gasteiger partial charge on any atom is 0.0662 e. The lowest BCUT2D eigenvalue weighted by Crippen LogP contribution is -2.45. The summed E-state index contributed by atoms with van der Waals surface area (Å²) in [6.07, 6.45) is 0.948. The Balaban J connectivity index is 2.24. The van der Waals surface area contributed by atoms with E-state index < -0.39 is 0 Å². The molecule has 2 rings (SSSR count). The highest BCUT2D eigenvalue weighted by Gasteiger charge is 2.36. The van der Waals surface area contributed by atoms with Crippen LogP contribution in [0.5, 0.6) is 0 Å². The molecule has 1 unspecified atom stereocenters. The van der Waals surface area contributed by atoms with Gasteiger partial charge in [-0.05, 0) is 52.4 Å². The van der Waals surface area contributed by atoms with E-state index in [9.17, 15) is 5.26 Å². The van der Waals surface area contributed by atoms with Gasteiger partial charge in [0.15, 0.2) is 0 Å². The summed E-state index contributed by atoms with van der Waals surface area (Å²) >= 11 is 3.65. The van der Waals surface area contributed by atoms with Crippen LogP contribution >= 0.6 is 15.9 Å². The molecule has 2 nitrogen and oxygen atoms in total. The zero-order valence-corrected chi connectivity index (χ0v) is 12.8. The normalized spacial score (nSPS) is 22.6. The molecule has 0 bridgehead atoms. The minimum Gasteiger partial charge on any atom is -0.370 e. The van der Waals surface area contributed by atoms with Gasteiger partial charge >= 0.3 is 0 Å². The number of hydrogen-bond acceptors (Lipinski definition) is 2. The fourth-order valence-electron chi connectivity index (χ4n) is 2.67. The summed E-state index contributed by atoms with van der Waals surface area (Å²) in [5.41, 5.74) is 2.55. The Morgan fingerprint density at radius 1 is 1.44 bits per heavy atom. The molecule has 18 heavy (non-hydrogen) atoms. The van der Waals surface area contributed by atoms with E-state index in [4.69, 9.17) is 0 Å². The highest BCUT2D eigenvalue weighted by Crippen LogP contribution is 2.38. The van der Waals surface area contributed by atoms with Crippen molar-refractivity contribution in [2.24, 2.45) is 11.3 Å². The number of hydrogen-bond donors (Lipinski definition) is 0. The highest BCUT2D eigenvalue weighted by molar-refractivity contribution is 9.10. The van der Waals surface area contributed by atoms with E-state index in [1.807, 2.05) is 0 Å². The van der Waals surface area contributed by atoms with Crippen LogP contribution in [0.3, 0.4) is 0 Å². The topological polar surface area (TPSA) is 27.0 Å². The molecular formula is C15H19BrN2. The Kier molecular flexibility index (Phi) is 3.68. The first-order valence-corrected chi connectivity index (χ1v) is 7.14. The molecule has 0 radical (unpaired) electrons. The molecule has 1 heterocycles. The third kappa shape index (κ3) is 2.54. The second-order valence-electron chi connectivity index (χ2n) is 5.84. The van der Waals surface area contributed by atoms with Crippen LogP contribution in [0.2, 0.25) is 0 Å². The number of nitrogens with zero attached hydrogens (tertiary/aromatic N) is 2. The van der Waals surface area contributed by atoms with Crippen LogP contribution in [0, 0.1) is 29.6 Å². The van der Waals surface area contributed by atoms with Gasteiger partial charge in [0.25, 0.3) is 0 Å². The van der Waals surface area contributed by atoms with Gasteiger partial charge in [-0.15, -0.1) is 0 Å². The van der Waals surface area contributed by atoms with Crippen LogP contribution in [0.1, 0.15) is 25.8 Å². The number of halogens is 1. The van der Waals surface area contributed by atoms with Crippen LogP contribution in [0.4, 0.5) is 5.69 Å². The number of rotatable bonds is 1. The molecule has 0 aliphatic carbocycles. The molecule has 0 aromatic heterocycles. The molecule has 96 valence electrons. The fraction of sp³-hybridized carbons (Fsp3) is 0.533. The Labute approximate surface area is 118 Å². The van der Waals surface area contributed by atoms with Crippen LogP contribution in [-0.4, -0.2) is 13.1 Å². The molecule has 1 aromatic carbocycles. The van der Waals surface area contributed by atoms with Crippen molar-refractivity contribution in [3.8, 4) is 6.07 Å². The van der Waals surface area contributed by atoms with Crippen LogP contribution < -0.4 is 4.90 Å². The van der Waals surface area contributed by atoms with Crippen molar-refractivity contribution in [3.05, 3.63) is 28.2 Å². The predicted octanol–water partition coefficient (Wildman–Crippen LogP) is 4.13. The van der Waals surface area contributed by atoms with Gasteiger partial charge in [0.05, 0.1) is 17.7 Å². The lowest BCUT2D eigenvalue weighted by atomic mass is 9.74. The van der Waals surface area contributed by atoms with Crippen molar-refractivity contribution in [1.29, 1.82) is 5.26 Å². The predicted molar refractivity (Wildman–Crippen MR) is 78.6 cm³/mol. The van der Waals surface area contributed by atoms with Crippen molar-refractivity contribution in [1.82, 2.24) is 0 Å². The molecule has 1 aliphatic rings. The number of anilines is 1. The molecule has 1 aliphatic heterocycles. The third-order valence-corrected chi connectivity index (χ3v) is 4.46. The van der Waals surface area contributed by atoms with Crippen molar-refractivity contribution >= 4 is 21.6 Å². The lowest BCUT2D eigenvalue weighted by Gasteiger charge is -2.42. The van der Waals surface area contributed by atoms with Gasteiger partial charge in [0.1, 0.15) is 0 Å².